The lowest BCUT2D eigenvalue weighted by atomic mass is 9.95. The Morgan fingerprint density at radius 1 is 1.20 bits per heavy atom. The monoisotopic (exact) mass is 560 g/mol. The van der Waals surface area contributed by atoms with Gasteiger partial charge in [0.25, 0.3) is 10.5 Å². The summed E-state index contributed by atoms with van der Waals surface area (Å²) in [5.74, 6) is 0.946. The van der Waals surface area contributed by atoms with Gasteiger partial charge in [0.05, 0.1) is 34.4 Å². The third-order valence-corrected chi connectivity index (χ3v) is 7.53. The number of aromatic nitrogens is 1. The second-order valence-electron chi connectivity index (χ2n) is 9.02. The van der Waals surface area contributed by atoms with E-state index in [2.05, 4.69) is 4.99 Å². The zero-order valence-corrected chi connectivity index (χ0v) is 23.0. The van der Waals surface area contributed by atoms with Crippen LogP contribution in [0, 0.1) is 11.8 Å². The van der Waals surface area contributed by atoms with Gasteiger partial charge in [-0.2, -0.15) is 0 Å². The molecule has 0 saturated carbocycles. The molecule has 3 heterocycles. The maximum Gasteiger partial charge on any atom is 0.338 e. The average Bonchev–Trinajstić information content (AvgIpc) is 3.51. The highest BCUT2D eigenvalue weighted by molar-refractivity contribution is 7.07. The van der Waals surface area contributed by atoms with Crippen LogP contribution in [0.15, 0.2) is 80.1 Å². The first-order chi connectivity index (χ1) is 19.2. The molecule has 1 N–H and O–H groups in total. The van der Waals surface area contributed by atoms with E-state index in [1.54, 1.807) is 57.2 Å². The zero-order valence-electron chi connectivity index (χ0n) is 22.2. The van der Waals surface area contributed by atoms with Gasteiger partial charge in [-0.1, -0.05) is 29.5 Å². The van der Waals surface area contributed by atoms with Gasteiger partial charge in [-0.05, 0) is 50.6 Å². The number of thiazole rings is 1. The molecule has 2 aromatic carbocycles. The number of carbonyl (C=O) groups is 1. The number of para-hydroxylation sites is 1. The predicted molar refractivity (Wildman–Crippen MR) is 147 cm³/mol. The summed E-state index contributed by atoms with van der Waals surface area (Å²) in [4.78, 5) is 42.9. The number of ether oxygens (including phenoxy) is 2. The highest BCUT2D eigenvalue weighted by Gasteiger charge is 2.35. The molecule has 2 aromatic heterocycles. The van der Waals surface area contributed by atoms with Crippen LogP contribution in [0.4, 0.5) is 5.69 Å². The summed E-state index contributed by atoms with van der Waals surface area (Å²) in [6, 6.07) is 14.6. The quantitative estimate of drug-likeness (QED) is 0.266. The molecule has 0 bridgehead atoms. The van der Waals surface area contributed by atoms with Gasteiger partial charge in [0, 0.05) is 29.3 Å². The number of rotatable bonds is 7. The third-order valence-electron chi connectivity index (χ3n) is 6.55. The molecular weight excluding hydrogens is 534 g/mol. The molecule has 0 fully saturated rings. The van der Waals surface area contributed by atoms with Crippen molar-refractivity contribution in [1.29, 1.82) is 0 Å². The molecule has 0 saturated heterocycles. The fourth-order valence-electron chi connectivity index (χ4n) is 4.73. The SMILES string of the molecule is CCOC(=O)C1=C(C)N=c2s/c(=C/c3ccc(-c4ccc([N+](=O)O)cc4C)o3)c(=O)n2C1c1ccccc1OC. The minimum absolute atomic E-state index is 0.108. The topological polar surface area (TPSA) is 123 Å². The van der Waals surface area contributed by atoms with Crippen molar-refractivity contribution in [3.05, 3.63) is 107 Å². The number of hydrogen-bond acceptors (Lipinski definition) is 8. The van der Waals surface area contributed by atoms with Crippen LogP contribution in [-0.4, -0.2) is 34.4 Å². The Kier molecular flexibility index (Phi) is 7.22. The molecule has 0 spiro atoms. The Morgan fingerprint density at radius 2 is 1.98 bits per heavy atom. The van der Waals surface area contributed by atoms with Gasteiger partial charge >= 0.3 is 11.7 Å². The van der Waals surface area contributed by atoms with E-state index in [0.717, 1.165) is 11.1 Å². The van der Waals surface area contributed by atoms with Gasteiger partial charge in [0.1, 0.15) is 23.3 Å². The van der Waals surface area contributed by atoms with Crippen molar-refractivity contribution in [2.24, 2.45) is 4.99 Å². The van der Waals surface area contributed by atoms with E-state index in [4.69, 9.17) is 19.1 Å². The van der Waals surface area contributed by atoms with Crippen molar-refractivity contribution in [3.63, 3.8) is 0 Å². The molecule has 1 atom stereocenters. The van der Waals surface area contributed by atoms with Crippen molar-refractivity contribution in [2.45, 2.75) is 26.8 Å². The average molecular weight is 561 g/mol. The smallest absolute Gasteiger partial charge is 0.338 e. The molecule has 11 heteroatoms. The van der Waals surface area contributed by atoms with Gasteiger partial charge in [0.2, 0.25) is 0 Å². The second kappa shape index (κ2) is 10.8. The maximum absolute atomic E-state index is 13.8. The van der Waals surface area contributed by atoms with E-state index in [1.807, 2.05) is 18.2 Å². The predicted octanol–water partition coefficient (Wildman–Crippen LogP) is 4.17. The fourth-order valence-corrected chi connectivity index (χ4v) is 5.75. The Balaban J connectivity index is 1.63. The number of hydrogen-bond donors (Lipinski definition) is 1. The molecule has 4 aromatic rings. The molecule has 204 valence electrons. The van der Waals surface area contributed by atoms with E-state index < -0.39 is 12.0 Å². The van der Waals surface area contributed by atoms with E-state index in [9.17, 15) is 14.5 Å². The molecule has 0 radical (unpaired) electrons. The fraction of sp³-hybridized carbons (Fsp3) is 0.207. The summed E-state index contributed by atoms with van der Waals surface area (Å²) in [5.41, 5.74) is 2.59. The molecular formula is C29H26N3O7S+. The van der Waals surface area contributed by atoms with Crippen molar-refractivity contribution in [3.8, 4) is 17.1 Å². The molecule has 1 aliphatic heterocycles. The Hall–Kier alpha value is -4.77. The van der Waals surface area contributed by atoms with Crippen molar-refractivity contribution < 1.29 is 28.8 Å². The van der Waals surface area contributed by atoms with Gasteiger partial charge < -0.3 is 13.9 Å². The summed E-state index contributed by atoms with van der Waals surface area (Å²) < 4.78 is 18.8. The lowest BCUT2D eigenvalue weighted by Crippen LogP contribution is -2.40. The van der Waals surface area contributed by atoms with E-state index >= 15 is 0 Å². The lowest BCUT2D eigenvalue weighted by Gasteiger charge is -2.25. The first kappa shape index (κ1) is 26.8. The van der Waals surface area contributed by atoms with Crippen molar-refractivity contribution in [1.82, 2.24) is 4.57 Å². The first-order valence-electron chi connectivity index (χ1n) is 12.4. The van der Waals surface area contributed by atoms with Crippen LogP contribution >= 0.6 is 11.3 Å². The van der Waals surface area contributed by atoms with E-state index in [1.165, 1.54) is 29.1 Å². The van der Waals surface area contributed by atoms with Crippen LogP contribution in [0.5, 0.6) is 5.75 Å². The summed E-state index contributed by atoms with van der Waals surface area (Å²) in [5, 5.41) is 9.16. The minimum Gasteiger partial charge on any atom is -0.496 e. The number of furan rings is 1. The number of benzene rings is 2. The van der Waals surface area contributed by atoms with Gasteiger partial charge in [-0.25, -0.2) is 15.0 Å². The largest absolute Gasteiger partial charge is 0.496 e. The maximum atomic E-state index is 13.8. The van der Waals surface area contributed by atoms with Gasteiger partial charge in [0.15, 0.2) is 4.80 Å². The lowest BCUT2D eigenvalue weighted by molar-refractivity contribution is -0.729. The third kappa shape index (κ3) is 4.75. The number of fused-ring (bicyclic) bond motifs is 1. The zero-order chi connectivity index (χ0) is 28.6. The van der Waals surface area contributed by atoms with Crippen LogP contribution in [0.1, 0.15) is 36.8 Å². The summed E-state index contributed by atoms with van der Waals surface area (Å²) in [6.45, 7) is 5.42. The number of esters is 1. The van der Waals surface area contributed by atoms with Crippen molar-refractivity contribution in [2.75, 3.05) is 13.7 Å². The molecule has 0 amide bonds. The first-order valence-corrected chi connectivity index (χ1v) is 13.2. The Bertz CT molecular complexity index is 1860. The molecule has 1 aliphatic rings. The minimum atomic E-state index is -0.797. The van der Waals surface area contributed by atoms with E-state index in [-0.39, 0.29) is 28.3 Å². The van der Waals surface area contributed by atoms with Gasteiger partial charge in [-0.3, -0.25) is 9.36 Å². The standard InChI is InChI=1S/C29H26N3O7S/c1-5-38-28(34)25-17(3)30-29-31(26(25)21-8-6-7-9-22(21)37-4)27(33)24(40-29)15-19-11-13-23(39-19)20-12-10-18(32(35)36)14-16(20)2/h6-15,26H,5H2,1-4H3,(H,35,36)/q+1/b24-15+. The summed E-state index contributed by atoms with van der Waals surface area (Å²) >= 11 is 1.19. The van der Waals surface area contributed by atoms with Crippen LogP contribution in [-0.2, 0) is 9.53 Å². The molecule has 40 heavy (non-hydrogen) atoms. The van der Waals surface area contributed by atoms with Crippen LogP contribution < -0.4 is 19.6 Å². The number of aryl methyl sites for hydroxylation is 1. The number of nitrogens with zero attached hydrogens (tertiary/aromatic N) is 3. The molecule has 10 nitrogen and oxygen atoms in total. The number of methoxy groups -OCH3 is 1. The number of allylic oxidation sites excluding steroid dienone is 1. The highest BCUT2D eigenvalue weighted by atomic mass is 32.1. The van der Waals surface area contributed by atoms with E-state index in [0.29, 0.717) is 37.9 Å². The van der Waals surface area contributed by atoms with Crippen molar-refractivity contribution >= 4 is 29.1 Å². The van der Waals surface area contributed by atoms with Crippen LogP contribution in [0.3, 0.4) is 0 Å². The Labute approximate surface area is 232 Å². The molecule has 5 rings (SSSR count). The summed E-state index contributed by atoms with van der Waals surface area (Å²) in [7, 11) is 1.54. The molecule has 0 aliphatic carbocycles. The van der Waals surface area contributed by atoms with Gasteiger partial charge in [-0.15, -0.1) is 0 Å². The summed E-state index contributed by atoms with van der Waals surface area (Å²) in [6.07, 6.45) is 1.63. The normalized spacial score (nSPS) is 15.0. The van der Waals surface area contributed by atoms with Crippen LogP contribution in [0.25, 0.3) is 17.4 Å². The highest BCUT2D eigenvalue weighted by Crippen LogP contribution is 2.35. The second-order valence-corrected chi connectivity index (χ2v) is 10.0. The Morgan fingerprint density at radius 3 is 2.67 bits per heavy atom. The molecule has 1 unspecified atom stereocenters. The van der Waals surface area contributed by atoms with Crippen LogP contribution in [0.2, 0.25) is 0 Å². The number of carbonyl (C=O) groups excluding carboxylic acids is 1.